The number of rotatable bonds is 6. The van der Waals surface area contributed by atoms with Gasteiger partial charge in [-0.3, -0.25) is 9.52 Å². The molecule has 0 radical (unpaired) electrons. The van der Waals surface area contributed by atoms with Crippen LogP contribution in [0.1, 0.15) is 30.5 Å². The molecule has 0 aliphatic heterocycles. The molecule has 32 heavy (non-hydrogen) atoms. The second-order valence-corrected chi connectivity index (χ2v) is 10.0. The highest BCUT2D eigenvalue weighted by Gasteiger charge is 2.21. The Bertz CT molecular complexity index is 1300. The molecule has 0 aliphatic carbocycles. The van der Waals surface area contributed by atoms with Gasteiger partial charge in [-0.05, 0) is 57.9 Å². The fourth-order valence-electron chi connectivity index (χ4n) is 2.94. The summed E-state index contributed by atoms with van der Waals surface area (Å²) in [6, 6.07) is 4.32. The van der Waals surface area contributed by atoms with E-state index in [9.17, 15) is 17.6 Å². The van der Waals surface area contributed by atoms with Crippen molar-refractivity contribution in [2.75, 3.05) is 4.72 Å². The lowest BCUT2D eigenvalue weighted by molar-refractivity contribution is 0.407. The van der Waals surface area contributed by atoms with E-state index in [1.807, 2.05) is 0 Å². The maximum Gasteiger partial charge on any atom is 0.327 e. The molecule has 3 rings (SSSR count). The second kappa shape index (κ2) is 8.65. The van der Waals surface area contributed by atoms with Gasteiger partial charge in [-0.15, -0.1) is 0 Å². The Kier molecular flexibility index (Phi) is 6.31. The molecule has 2 heterocycles. The molecule has 0 bridgehead atoms. The summed E-state index contributed by atoms with van der Waals surface area (Å²) in [5, 5.41) is -0.747. The van der Waals surface area contributed by atoms with Gasteiger partial charge in [0.05, 0.1) is 5.25 Å². The minimum atomic E-state index is -3.77. The van der Waals surface area contributed by atoms with Crippen molar-refractivity contribution >= 4 is 16.0 Å². The van der Waals surface area contributed by atoms with Gasteiger partial charge in [0.15, 0.2) is 17.4 Å². The normalized spacial score (nSPS) is 11.6. The first-order chi connectivity index (χ1) is 14.9. The van der Waals surface area contributed by atoms with E-state index in [0.717, 1.165) is 5.56 Å². The summed E-state index contributed by atoms with van der Waals surface area (Å²) >= 11 is 0. The zero-order chi connectivity index (χ0) is 23.8. The quantitative estimate of drug-likeness (QED) is 0.599. The standard InChI is InChI=1S/C21H24FN5O4S/c1-11(2)32(29,30)26-20-23-18(15-9-14(5)19(28)27(6)10-15)24-21(25-20)31-17-13(4)7-12(3)8-16(17)22/h7-11H,1-6H3,(H,23,24,25,26). The zero-order valence-electron chi connectivity index (χ0n) is 18.6. The van der Waals surface area contributed by atoms with Gasteiger partial charge in [-0.2, -0.15) is 15.0 Å². The van der Waals surface area contributed by atoms with Gasteiger partial charge >= 0.3 is 6.01 Å². The Morgan fingerprint density at radius 1 is 1.06 bits per heavy atom. The summed E-state index contributed by atoms with van der Waals surface area (Å²) in [4.78, 5) is 24.5. The van der Waals surface area contributed by atoms with Gasteiger partial charge in [0, 0.05) is 24.4 Å². The number of hydrogen-bond acceptors (Lipinski definition) is 7. The monoisotopic (exact) mass is 461 g/mol. The molecule has 0 amide bonds. The van der Waals surface area contributed by atoms with Crippen molar-refractivity contribution in [3.8, 4) is 23.1 Å². The third-order valence-corrected chi connectivity index (χ3v) is 6.36. The lowest BCUT2D eigenvalue weighted by Gasteiger charge is -2.13. The summed E-state index contributed by atoms with van der Waals surface area (Å²) in [6.45, 7) is 8.07. The molecular weight excluding hydrogens is 437 g/mol. The second-order valence-electron chi connectivity index (χ2n) is 7.78. The van der Waals surface area contributed by atoms with Gasteiger partial charge in [-0.1, -0.05) is 6.07 Å². The summed E-state index contributed by atoms with van der Waals surface area (Å²) in [7, 11) is -2.20. The molecule has 1 aromatic carbocycles. The Morgan fingerprint density at radius 2 is 1.75 bits per heavy atom. The maximum absolute atomic E-state index is 14.5. The number of ether oxygens (including phenoxy) is 1. The predicted molar refractivity (Wildman–Crippen MR) is 119 cm³/mol. The Morgan fingerprint density at radius 3 is 2.34 bits per heavy atom. The lowest BCUT2D eigenvalue weighted by Crippen LogP contribution is -2.24. The van der Waals surface area contributed by atoms with Crippen LogP contribution in [0.4, 0.5) is 10.3 Å². The fourth-order valence-corrected chi connectivity index (χ4v) is 3.53. The fraction of sp³-hybridized carbons (Fsp3) is 0.333. The van der Waals surface area contributed by atoms with Crippen LogP contribution < -0.4 is 15.0 Å². The summed E-state index contributed by atoms with van der Waals surface area (Å²) in [5.74, 6) is -0.913. The average Bonchev–Trinajstić information content (AvgIpc) is 2.67. The van der Waals surface area contributed by atoms with Gasteiger partial charge in [-0.25, -0.2) is 12.8 Å². The van der Waals surface area contributed by atoms with Gasteiger partial charge in [0.1, 0.15) is 0 Å². The summed E-state index contributed by atoms with van der Waals surface area (Å²) in [6.07, 6.45) is 1.51. The summed E-state index contributed by atoms with van der Waals surface area (Å²) in [5.41, 5.74) is 1.92. The van der Waals surface area contributed by atoms with Crippen LogP contribution in [0.25, 0.3) is 11.4 Å². The molecule has 0 unspecified atom stereocenters. The number of aromatic nitrogens is 4. The number of pyridine rings is 1. The molecular formula is C21H24FN5O4S. The van der Waals surface area contributed by atoms with Crippen molar-refractivity contribution in [2.24, 2.45) is 7.05 Å². The number of benzene rings is 1. The van der Waals surface area contributed by atoms with E-state index in [2.05, 4.69) is 19.7 Å². The third-order valence-electron chi connectivity index (χ3n) is 4.66. The van der Waals surface area contributed by atoms with Crippen molar-refractivity contribution < 1.29 is 17.5 Å². The molecule has 9 nitrogen and oxygen atoms in total. The number of aryl methyl sites for hydroxylation is 4. The van der Waals surface area contributed by atoms with Crippen molar-refractivity contribution in [3.05, 3.63) is 57.3 Å². The highest BCUT2D eigenvalue weighted by Crippen LogP contribution is 2.29. The third kappa shape index (κ3) is 4.93. The van der Waals surface area contributed by atoms with E-state index < -0.39 is 21.1 Å². The predicted octanol–water partition coefficient (Wildman–Crippen LogP) is 3.24. The van der Waals surface area contributed by atoms with Crippen molar-refractivity contribution in [3.63, 3.8) is 0 Å². The number of nitrogens with zero attached hydrogens (tertiary/aromatic N) is 4. The van der Waals surface area contributed by atoms with Crippen LogP contribution in [0.3, 0.4) is 0 Å². The van der Waals surface area contributed by atoms with E-state index in [4.69, 9.17) is 4.74 Å². The molecule has 1 N–H and O–H groups in total. The number of hydrogen-bond donors (Lipinski definition) is 1. The van der Waals surface area contributed by atoms with Crippen LogP contribution in [0.15, 0.2) is 29.2 Å². The number of anilines is 1. The first-order valence-electron chi connectivity index (χ1n) is 9.77. The highest BCUT2D eigenvalue weighted by atomic mass is 32.2. The largest absolute Gasteiger partial charge is 0.421 e. The SMILES string of the molecule is Cc1cc(C)c(Oc2nc(NS(=O)(=O)C(C)C)nc(-c3cc(C)c(=O)n(C)c3)n2)c(F)c1. The average molecular weight is 462 g/mol. The molecule has 0 saturated carbocycles. The first-order valence-corrected chi connectivity index (χ1v) is 11.3. The van der Waals surface area contributed by atoms with Crippen LogP contribution >= 0.6 is 0 Å². The molecule has 3 aromatic rings. The van der Waals surface area contributed by atoms with Gasteiger partial charge in [0.25, 0.3) is 5.56 Å². The van der Waals surface area contributed by atoms with Crippen LogP contribution in [0.2, 0.25) is 0 Å². The Hall–Kier alpha value is -3.34. The smallest absolute Gasteiger partial charge is 0.327 e. The minimum absolute atomic E-state index is 0.0559. The minimum Gasteiger partial charge on any atom is -0.421 e. The van der Waals surface area contributed by atoms with E-state index in [-0.39, 0.29) is 29.1 Å². The molecule has 0 aliphatic rings. The van der Waals surface area contributed by atoms with Crippen LogP contribution in [-0.2, 0) is 17.1 Å². The topological polar surface area (TPSA) is 116 Å². The van der Waals surface area contributed by atoms with Gasteiger partial charge < -0.3 is 9.30 Å². The van der Waals surface area contributed by atoms with Crippen LogP contribution in [0, 0.1) is 26.6 Å². The lowest BCUT2D eigenvalue weighted by atomic mass is 10.1. The number of nitrogens with one attached hydrogen (secondary N) is 1. The molecule has 11 heteroatoms. The van der Waals surface area contributed by atoms with Crippen LogP contribution in [0.5, 0.6) is 11.8 Å². The van der Waals surface area contributed by atoms with Crippen molar-refractivity contribution in [1.29, 1.82) is 0 Å². The van der Waals surface area contributed by atoms with E-state index in [1.54, 1.807) is 40.0 Å². The molecule has 0 spiro atoms. The highest BCUT2D eigenvalue weighted by molar-refractivity contribution is 7.93. The zero-order valence-corrected chi connectivity index (χ0v) is 19.4. The first kappa shape index (κ1) is 23.3. The molecule has 0 fully saturated rings. The Labute approximate surface area is 185 Å². The molecule has 170 valence electrons. The van der Waals surface area contributed by atoms with Crippen molar-refractivity contribution in [1.82, 2.24) is 19.5 Å². The Balaban J connectivity index is 2.16. The van der Waals surface area contributed by atoms with E-state index in [1.165, 1.54) is 30.7 Å². The maximum atomic E-state index is 14.5. The molecule has 2 aromatic heterocycles. The molecule has 0 saturated heterocycles. The summed E-state index contributed by atoms with van der Waals surface area (Å²) < 4.78 is 48.5. The number of halogens is 1. The van der Waals surface area contributed by atoms with E-state index >= 15 is 0 Å². The number of sulfonamides is 1. The van der Waals surface area contributed by atoms with Gasteiger partial charge in [0.2, 0.25) is 16.0 Å². The van der Waals surface area contributed by atoms with Crippen molar-refractivity contribution in [2.45, 2.75) is 39.9 Å². The van der Waals surface area contributed by atoms with E-state index in [0.29, 0.717) is 16.7 Å². The molecule has 0 atom stereocenters. The van der Waals surface area contributed by atoms with Crippen LogP contribution in [-0.4, -0.2) is 33.2 Å².